The van der Waals surface area contributed by atoms with Gasteiger partial charge in [-0.25, -0.2) is 19.9 Å². The molecule has 0 saturated carbocycles. The van der Waals surface area contributed by atoms with E-state index in [2.05, 4.69) is 218 Å². The van der Waals surface area contributed by atoms with Crippen LogP contribution in [-0.2, 0) is 10.8 Å². The molecular weight excluding hydrogens is 925 g/mol. The summed E-state index contributed by atoms with van der Waals surface area (Å²) in [7, 11) is 0. The van der Waals surface area contributed by atoms with Gasteiger partial charge in [0.1, 0.15) is 0 Å². The molecule has 2 heterocycles. The smallest absolute Gasteiger partial charge is 0.235 e. The number of hydrogen-bond donors (Lipinski definition) is 0. The fourth-order valence-corrected chi connectivity index (χ4v) is 13.8. The summed E-state index contributed by atoms with van der Waals surface area (Å²) in [5.74, 6) is 1.31. The summed E-state index contributed by atoms with van der Waals surface area (Å²) >= 11 is 0. The first-order valence-electron chi connectivity index (χ1n) is 26.4. The highest BCUT2D eigenvalue weighted by atomic mass is 15.3. The zero-order chi connectivity index (χ0) is 51.2. The van der Waals surface area contributed by atoms with Crippen molar-refractivity contribution in [2.75, 3.05) is 9.80 Å². The molecule has 1 spiro atoms. The van der Waals surface area contributed by atoms with Crippen LogP contribution in [0.4, 0.5) is 34.6 Å². The number of aromatic nitrogens is 4. The molecule has 10 aromatic carbocycles. The van der Waals surface area contributed by atoms with Crippen molar-refractivity contribution in [3.8, 4) is 33.4 Å². The van der Waals surface area contributed by atoms with Crippen LogP contribution in [0, 0.1) is 27.7 Å². The molecule has 1 atom stereocenters. The van der Waals surface area contributed by atoms with Crippen LogP contribution in [0.15, 0.2) is 206 Å². The third-order valence-corrected chi connectivity index (χ3v) is 16.7. The van der Waals surface area contributed by atoms with Crippen LogP contribution < -0.4 is 9.80 Å². The van der Waals surface area contributed by atoms with Crippen molar-refractivity contribution in [1.29, 1.82) is 0 Å². The van der Waals surface area contributed by atoms with Crippen molar-refractivity contribution in [3.05, 3.63) is 262 Å². The lowest BCUT2D eigenvalue weighted by atomic mass is 9.68. The molecule has 0 radical (unpaired) electrons. The predicted molar refractivity (Wildman–Crippen MR) is 312 cm³/mol. The van der Waals surface area contributed by atoms with Gasteiger partial charge in [-0.1, -0.05) is 159 Å². The van der Waals surface area contributed by atoms with E-state index >= 15 is 0 Å². The predicted octanol–water partition coefficient (Wildman–Crippen LogP) is 17.5. The van der Waals surface area contributed by atoms with Crippen LogP contribution in [0.25, 0.3) is 65.7 Å². The fraction of sp³-hybridized carbons (Fsp3) is 0.114. The van der Waals surface area contributed by atoms with Crippen LogP contribution >= 0.6 is 0 Å². The second kappa shape index (κ2) is 16.1. The first-order valence-corrected chi connectivity index (χ1v) is 26.4. The number of fused-ring (bicyclic) bond motifs is 21. The van der Waals surface area contributed by atoms with Gasteiger partial charge in [0.2, 0.25) is 11.9 Å². The molecule has 6 heteroatoms. The Morgan fingerprint density at radius 2 is 0.829 bits per heavy atom. The molecule has 0 N–H and O–H groups in total. The maximum Gasteiger partial charge on any atom is 0.235 e. The van der Waals surface area contributed by atoms with Crippen molar-refractivity contribution in [3.63, 3.8) is 0 Å². The first kappa shape index (κ1) is 44.2. The molecule has 2 aromatic heterocycles. The van der Waals surface area contributed by atoms with Crippen LogP contribution in [0.3, 0.4) is 0 Å². The van der Waals surface area contributed by atoms with Gasteiger partial charge in [0, 0.05) is 50.9 Å². The highest BCUT2D eigenvalue weighted by molar-refractivity contribution is 6.23. The number of aryl methyl sites for hydroxylation is 4. The molecule has 12 aromatic rings. The second-order valence-electron chi connectivity index (χ2n) is 21.5. The standard InChI is InChI=1S/C70H52N6/c1-41-37-42(2)72-67(71-41)75(46-20-9-7-10-21-46)48-30-32-53-56(39-48)51-25-15-16-26-52(51)64-65-60(70(66(53)64)57-28-18-17-27-54(57)62-50-24-14-13-19-45(50)29-34-59(62)70)36-35-58-63(65)55-33-31-49(40-61(55)69(58,5)6)76(47-22-11-8-12-23-47)68-73-43(3)38-44(4)74-68/h7-40H,1-6H3. The summed E-state index contributed by atoms with van der Waals surface area (Å²) in [6.07, 6.45) is 0. The van der Waals surface area contributed by atoms with Gasteiger partial charge in [0.05, 0.1) is 5.41 Å². The van der Waals surface area contributed by atoms with Gasteiger partial charge in [-0.2, -0.15) is 0 Å². The van der Waals surface area contributed by atoms with E-state index < -0.39 is 5.41 Å². The summed E-state index contributed by atoms with van der Waals surface area (Å²) in [6.45, 7) is 13.0. The Bertz CT molecular complexity index is 4410. The van der Waals surface area contributed by atoms with E-state index in [0.717, 1.165) is 45.5 Å². The summed E-state index contributed by atoms with van der Waals surface area (Å²) in [4.78, 5) is 24.6. The summed E-state index contributed by atoms with van der Waals surface area (Å²) < 4.78 is 0. The van der Waals surface area contributed by atoms with Gasteiger partial charge in [-0.05, 0) is 187 Å². The van der Waals surface area contributed by atoms with Gasteiger partial charge < -0.3 is 0 Å². The van der Waals surface area contributed by atoms with Crippen LogP contribution in [0.5, 0.6) is 0 Å². The number of benzene rings is 10. The lowest BCUT2D eigenvalue weighted by Crippen LogP contribution is -2.26. The molecule has 0 saturated heterocycles. The number of para-hydroxylation sites is 2. The molecular formula is C70H52N6. The molecule has 76 heavy (non-hydrogen) atoms. The Hall–Kier alpha value is -9.26. The van der Waals surface area contributed by atoms with E-state index in [9.17, 15) is 0 Å². The minimum absolute atomic E-state index is 0.349. The van der Waals surface area contributed by atoms with Crippen molar-refractivity contribution < 1.29 is 0 Å². The molecule has 15 rings (SSSR count). The minimum atomic E-state index is -0.660. The Labute approximate surface area is 442 Å². The Balaban J connectivity index is 1.06. The third kappa shape index (κ3) is 6.09. The van der Waals surface area contributed by atoms with Crippen molar-refractivity contribution >= 4 is 67.0 Å². The normalized spacial score (nSPS) is 15.1. The third-order valence-electron chi connectivity index (χ3n) is 16.7. The maximum atomic E-state index is 5.07. The zero-order valence-electron chi connectivity index (χ0n) is 43.3. The number of nitrogens with zero attached hydrogens (tertiary/aromatic N) is 6. The molecule has 0 amide bonds. The number of rotatable bonds is 6. The lowest BCUT2D eigenvalue weighted by Gasteiger charge is -2.32. The molecule has 3 aliphatic carbocycles. The number of anilines is 6. The van der Waals surface area contributed by atoms with Gasteiger partial charge in [0.15, 0.2) is 0 Å². The van der Waals surface area contributed by atoms with Crippen LogP contribution in [0.1, 0.15) is 70.0 Å². The van der Waals surface area contributed by atoms with Crippen molar-refractivity contribution in [2.24, 2.45) is 0 Å². The lowest BCUT2D eigenvalue weighted by molar-refractivity contribution is 0.660. The summed E-state index contributed by atoms with van der Waals surface area (Å²) in [5, 5.41) is 7.37. The highest BCUT2D eigenvalue weighted by Crippen LogP contribution is 2.69. The van der Waals surface area contributed by atoms with Gasteiger partial charge >= 0.3 is 0 Å². The largest absolute Gasteiger partial charge is 0.279 e. The molecule has 6 nitrogen and oxygen atoms in total. The molecule has 3 aliphatic rings. The van der Waals surface area contributed by atoms with Crippen molar-refractivity contribution in [2.45, 2.75) is 52.4 Å². The molecule has 1 unspecified atom stereocenters. The van der Waals surface area contributed by atoms with Gasteiger partial charge in [0.25, 0.3) is 0 Å². The van der Waals surface area contributed by atoms with E-state index in [1.165, 1.54) is 99.1 Å². The molecule has 0 fully saturated rings. The van der Waals surface area contributed by atoms with Gasteiger partial charge in [-0.15, -0.1) is 0 Å². The van der Waals surface area contributed by atoms with Crippen LogP contribution in [-0.4, -0.2) is 19.9 Å². The average Bonchev–Trinajstić information content (AvgIpc) is 4.00. The molecule has 362 valence electrons. The summed E-state index contributed by atoms with van der Waals surface area (Å²) in [6, 6.07) is 76.4. The maximum absolute atomic E-state index is 5.07. The molecule has 0 aliphatic heterocycles. The van der Waals surface area contributed by atoms with E-state index in [1.54, 1.807) is 0 Å². The number of hydrogen-bond acceptors (Lipinski definition) is 6. The topological polar surface area (TPSA) is 58.0 Å². The molecule has 0 bridgehead atoms. The second-order valence-corrected chi connectivity index (χ2v) is 21.5. The monoisotopic (exact) mass is 976 g/mol. The van der Waals surface area contributed by atoms with E-state index in [1.807, 2.05) is 39.8 Å². The Morgan fingerprint density at radius 1 is 0.316 bits per heavy atom. The Kier molecular flexibility index (Phi) is 9.38. The highest BCUT2D eigenvalue weighted by Gasteiger charge is 2.55. The van der Waals surface area contributed by atoms with Crippen molar-refractivity contribution in [1.82, 2.24) is 19.9 Å². The Morgan fingerprint density at radius 3 is 1.50 bits per heavy atom. The summed E-state index contributed by atoms with van der Waals surface area (Å²) in [5.41, 5.74) is 22.4. The van der Waals surface area contributed by atoms with E-state index in [0.29, 0.717) is 11.9 Å². The first-order chi connectivity index (χ1) is 37.1. The quantitative estimate of drug-likeness (QED) is 0.155. The van der Waals surface area contributed by atoms with Gasteiger partial charge in [-0.3, -0.25) is 9.80 Å². The fourth-order valence-electron chi connectivity index (χ4n) is 13.8. The zero-order valence-corrected chi connectivity index (χ0v) is 43.3. The van der Waals surface area contributed by atoms with Crippen LogP contribution in [0.2, 0.25) is 0 Å². The van der Waals surface area contributed by atoms with E-state index in [4.69, 9.17) is 19.9 Å². The SMILES string of the molecule is Cc1cc(C)nc(N(c2ccccc2)c2ccc3c(c2)C(C)(C)c2ccc4c(c2-3)-c2c(c3ccc(N(c5ccccc5)c5nc(C)cc(C)n5)cc3c3ccccc23)C42c3ccccc3-c3c2ccc2ccccc32)n1. The minimum Gasteiger partial charge on any atom is -0.279 e. The van der Waals surface area contributed by atoms with E-state index in [-0.39, 0.29) is 5.41 Å². The average molecular weight is 977 g/mol.